The maximum atomic E-state index is 14.2. The number of hydrogen-bond donors (Lipinski definition) is 0. The van der Waals surface area contributed by atoms with Crippen molar-refractivity contribution < 1.29 is 17.9 Å². The van der Waals surface area contributed by atoms with Crippen LogP contribution < -0.4 is 4.31 Å². The lowest BCUT2D eigenvalue weighted by molar-refractivity contribution is -0.0486. The van der Waals surface area contributed by atoms with Crippen LogP contribution >= 0.6 is 34.8 Å². The van der Waals surface area contributed by atoms with Crippen molar-refractivity contribution in [1.29, 1.82) is 0 Å². The molecule has 10 heteroatoms. The maximum Gasteiger partial charge on any atom is 0.266 e. The molecular formula is C31H27Cl3N2O4S. The summed E-state index contributed by atoms with van der Waals surface area (Å²) in [5.41, 5.74) is 2.27. The molecule has 212 valence electrons. The summed E-state index contributed by atoms with van der Waals surface area (Å²) in [5.74, 6) is -0.318. The molecule has 4 aromatic carbocycles. The van der Waals surface area contributed by atoms with Gasteiger partial charge in [0, 0.05) is 15.6 Å². The van der Waals surface area contributed by atoms with Crippen LogP contribution in [0.2, 0.25) is 15.1 Å². The molecule has 0 aliphatic carbocycles. The van der Waals surface area contributed by atoms with Crippen molar-refractivity contribution in [2.24, 2.45) is 0 Å². The Balaban J connectivity index is 1.49. The predicted molar refractivity (Wildman–Crippen MR) is 163 cm³/mol. The number of nitrogens with zero attached hydrogens (tertiary/aromatic N) is 2. The summed E-state index contributed by atoms with van der Waals surface area (Å²) in [6.07, 6.45) is -0.365. The first-order valence-electron chi connectivity index (χ1n) is 12.9. The van der Waals surface area contributed by atoms with Crippen LogP contribution in [0.3, 0.4) is 0 Å². The van der Waals surface area contributed by atoms with E-state index < -0.39 is 10.0 Å². The highest BCUT2D eigenvalue weighted by Crippen LogP contribution is 2.33. The fraction of sp³-hybridized carbons (Fsp3) is 0.194. The molecule has 0 aromatic heterocycles. The zero-order valence-corrected chi connectivity index (χ0v) is 25.2. The van der Waals surface area contributed by atoms with Crippen LogP contribution in [0, 0.1) is 0 Å². The van der Waals surface area contributed by atoms with Gasteiger partial charge >= 0.3 is 0 Å². The maximum absolute atomic E-state index is 14.2. The number of sulfonamides is 1. The molecular weight excluding hydrogens is 603 g/mol. The average molecular weight is 630 g/mol. The summed E-state index contributed by atoms with van der Waals surface area (Å²) in [5, 5.41) is 1.07. The first-order valence-corrected chi connectivity index (χ1v) is 15.5. The van der Waals surface area contributed by atoms with Crippen LogP contribution in [0.25, 0.3) is 0 Å². The number of hydrogen-bond acceptors (Lipinski definition) is 4. The van der Waals surface area contributed by atoms with Gasteiger partial charge in [0.05, 0.1) is 36.4 Å². The van der Waals surface area contributed by atoms with Crippen molar-refractivity contribution in [1.82, 2.24) is 4.90 Å². The Hall–Kier alpha value is -3.07. The van der Waals surface area contributed by atoms with Crippen molar-refractivity contribution in [3.05, 3.63) is 129 Å². The summed E-state index contributed by atoms with van der Waals surface area (Å²) in [6, 6.07) is 27.2. The van der Waals surface area contributed by atoms with E-state index in [1.54, 1.807) is 41.3 Å². The number of halogens is 3. The normalized spacial score (nSPS) is 17.3. The molecule has 5 rings (SSSR count). The van der Waals surface area contributed by atoms with Gasteiger partial charge in [-0.1, -0.05) is 77.3 Å². The summed E-state index contributed by atoms with van der Waals surface area (Å²) in [6.45, 7) is 2.56. The highest BCUT2D eigenvalue weighted by atomic mass is 35.5. The van der Waals surface area contributed by atoms with E-state index in [0.29, 0.717) is 22.3 Å². The Morgan fingerprint density at radius 3 is 2.34 bits per heavy atom. The van der Waals surface area contributed by atoms with Crippen molar-refractivity contribution in [2.75, 3.05) is 17.5 Å². The molecule has 0 saturated carbocycles. The Kier molecular flexibility index (Phi) is 8.92. The molecule has 6 nitrogen and oxygen atoms in total. The number of rotatable bonds is 7. The van der Waals surface area contributed by atoms with E-state index in [1.165, 1.54) is 16.4 Å². The van der Waals surface area contributed by atoms with Crippen molar-refractivity contribution in [2.45, 2.75) is 30.5 Å². The molecule has 2 atom stereocenters. The largest absolute Gasteiger partial charge is 0.370 e. The molecule has 1 saturated heterocycles. The van der Waals surface area contributed by atoms with E-state index in [2.05, 4.69) is 0 Å². The second-order valence-corrected chi connectivity index (χ2v) is 12.9. The number of benzene rings is 4. The molecule has 41 heavy (non-hydrogen) atoms. The summed E-state index contributed by atoms with van der Waals surface area (Å²) in [4.78, 5) is 15.3. The van der Waals surface area contributed by atoms with Gasteiger partial charge in [-0.05, 0) is 72.6 Å². The Morgan fingerprint density at radius 1 is 0.902 bits per heavy atom. The molecule has 2 unspecified atom stereocenters. The zero-order chi connectivity index (χ0) is 29.1. The topological polar surface area (TPSA) is 66.9 Å². The number of ether oxygens (including phenoxy) is 1. The molecule has 1 amide bonds. The Morgan fingerprint density at radius 2 is 1.63 bits per heavy atom. The molecule has 1 aliphatic heterocycles. The molecule has 0 radical (unpaired) electrons. The lowest BCUT2D eigenvalue weighted by Gasteiger charge is -2.38. The zero-order valence-electron chi connectivity index (χ0n) is 22.1. The minimum absolute atomic E-state index is 0.0143. The monoisotopic (exact) mass is 628 g/mol. The van der Waals surface area contributed by atoms with E-state index >= 15 is 0 Å². The molecule has 1 heterocycles. The van der Waals surface area contributed by atoms with Crippen LogP contribution in [0.4, 0.5) is 5.69 Å². The Bertz CT molecular complexity index is 1650. The van der Waals surface area contributed by atoms with Gasteiger partial charge in [0.15, 0.2) is 0 Å². The number of amides is 1. The molecule has 0 spiro atoms. The minimum Gasteiger partial charge on any atom is -0.370 e. The number of anilines is 1. The van der Waals surface area contributed by atoms with Gasteiger partial charge in [-0.3, -0.25) is 9.10 Å². The lowest BCUT2D eigenvalue weighted by Crippen LogP contribution is -2.48. The van der Waals surface area contributed by atoms with Gasteiger partial charge in [0.25, 0.3) is 15.9 Å². The molecule has 1 fully saturated rings. The molecule has 4 aromatic rings. The van der Waals surface area contributed by atoms with E-state index in [4.69, 9.17) is 39.5 Å². The van der Waals surface area contributed by atoms with Crippen molar-refractivity contribution in [3.63, 3.8) is 0 Å². The van der Waals surface area contributed by atoms with Gasteiger partial charge in [-0.15, -0.1) is 0 Å². The highest BCUT2D eigenvalue weighted by Gasteiger charge is 2.33. The van der Waals surface area contributed by atoms with E-state index in [0.717, 1.165) is 11.1 Å². The summed E-state index contributed by atoms with van der Waals surface area (Å²) in [7, 11) is -4.21. The van der Waals surface area contributed by atoms with Crippen molar-refractivity contribution in [3.8, 4) is 0 Å². The third-order valence-corrected chi connectivity index (χ3v) is 9.69. The van der Waals surface area contributed by atoms with Crippen molar-refractivity contribution >= 4 is 56.4 Å². The highest BCUT2D eigenvalue weighted by molar-refractivity contribution is 7.93. The standard InChI is InChI=1S/C31H27Cl3N2O4S/c1-21-20-40-29(23-8-5-9-26(33)16-23)19-35(21)31(37)24-10-15-28(34)30(17-24)41(38,39)36(18-22-6-3-2-4-7-22)27-13-11-25(32)12-14-27/h2-17,21,29H,18-20H2,1H3. The summed E-state index contributed by atoms with van der Waals surface area (Å²) >= 11 is 18.8. The Labute approximate surface area is 255 Å². The SMILES string of the molecule is CC1COC(c2cccc(Cl)c2)CN1C(=O)c1ccc(Cl)c(S(=O)(=O)N(Cc2ccccc2)c2ccc(Cl)cc2)c1. The third kappa shape index (κ3) is 6.55. The molecule has 1 aliphatic rings. The molecule has 0 N–H and O–H groups in total. The van der Waals surface area contributed by atoms with Gasteiger partial charge in [-0.25, -0.2) is 8.42 Å². The smallest absolute Gasteiger partial charge is 0.266 e. The number of carbonyl (C=O) groups is 1. The third-order valence-electron chi connectivity index (χ3n) is 6.94. The lowest BCUT2D eigenvalue weighted by atomic mass is 10.0. The van der Waals surface area contributed by atoms with Gasteiger partial charge in [-0.2, -0.15) is 0 Å². The first-order chi connectivity index (χ1) is 19.6. The molecule has 0 bridgehead atoms. The van der Waals surface area contributed by atoms with E-state index in [9.17, 15) is 13.2 Å². The van der Waals surface area contributed by atoms with Gasteiger partial charge < -0.3 is 9.64 Å². The van der Waals surface area contributed by atoms with Crippen LogP contribution in [0.15, 0.2) is 102 Å². The number of morpholine rings is 1. The van der Waals surface area contributed by atoms with E-state index in [1.807, 2.05) is 55.5 Å². The first kappa shape index (κ1) is 29.4. The van der Waals surface area contributed by atoms with Gasteiger partial charge in [0.1, 0.15) is 11.0 Å². The quantitative estimate of drug-likeness (QED) is 0.211. The van der Waals surface area contributed by atoms with E-state index in [-0.39, 0.29) is 46.6 Å². The average Bonchev–Trinajstić information content (AvgIpc) is 2.97. The van der Waals surface area contributed by atoms with Crippen LogP contribution in [0.5, 0.6) is 0 Å². The fourth-order valence-electron chi connectivity index (χ4n) is 4.74. The second-order valence-electron chi connectivity index (χ2n) is 9.80. The summed E-state index contributed by atoms with van der Waals surface area (Å²) < 4.78 is 35.6. The van der Waals surface area contributed by atoms with Crippen LogP contribution in [0.1, 0.15) is 34.5 Å². The van der Waals surface area contributed by atoms with Crippen LogP contribution in [-0.4, -0.2) is 38.4 Å². The number of carbonyl (C=O) groups excluding carboxylic acids is 1. The van der Waals surface area contributed by atoms with Crippen LogP contribution in [-0.2, 0) is 21.3 Å². The van der Waals surface area contributed by atoms with Gasteiger partial charge in [0.2, 0.25) is 0 Å². The fourth-order valence-corrected chi connectivity index (χ4v) is 7.02. The predicted octanol–water partition coefficient (Wildman–Crippen LogP) is 7.64. The minimum atomic E-state index is -4.21. The second kappa shape index (κ2) is 12.4.